The number of hydrogen-bond donors (Lipinski definition) is 0. The van der Waals surface area contributed by atoms with E-state index in [1.807, 2.05) is 0 Å². The van der Waals surface area contributed by atoms with Crippen molar-refractivity contribution < 1.29 is 38.4 Å². The zero-order valence-corrected chi connectivity index (χ0v) is 29.3. The van der Waals surface area contributed by atoms with Gasteiger partial charge in [-0.15, -0.1) is 0 Å². The van der Waals surface area contributed by atoms with Crippen LogP contribution < -0.4 is 15.7 Å². The van der Waals surface area contributed by atoms with Gasteiger partial charge in [0.25, 0.3) is 0 Å². The van der Waals surface area contributed by atoms with E-state index in [4.69, 9.17) is 5.11 Å². The van der Waals surface area contributed by atoms with Crippen LogP contribution in [0.2, 0.25) is 0 Å². The van der Waals surface area contributed by atoms with E-state index in [1.54, 1.807) is 10.6 Å². The first kappa shape index (κ1) is 38.8. The van der Waals surface area contributed by atoms with Crippen LogP contribution in [-0.2, 0) is 20.1 Å². The summed E-state index contributed by atoms with van der Waals surface area (Å²) < 4.78 is 31.4. The van der Waals surface area contributed by atoms with E-state index in [-0.39, 0.29) is 20.1 Å². The van der Waals surface area contributed by atoms with Gasteiger partial charge in [-0.05, 0) is 114 Å². The summed E-state index contributed by atoms with van der Waals surface area (Å²) in [7, 11) is -1.11. The summed E-state index contributed by atoms with van der Waals surface area (Å²) in [5.41, 5.74) is 0. The normalized spacial score (nSPS) is 12.7. The van der Waals surface area contributed by atoms with Crippen LogP contribution in [0.15, 0.2) is 60.7 Å². The Kier molecular flexibility index (Phi) is 16.2. The van der Waals surface area contributed by atoms with Crippen molar-refractivity contribution in [2.24, 2.45) is 0 Å². The zero-order valence-electron chi connectivity index (χ0n) is 24.9. The predicted molar refractivity (Wildman–Crippen MR) is 159 cm³/mol. The maximum Gasteiger partial charge on any atom is 3.00 e. The van der Waals surface area contributed by atoms with Crippen LogP contribution in [0, 0.1) is 0 Å². The van der Waals surface area contributed by atoms with Gasteiger partial charge >= 0.3 is 26.3 Å². The Balaban J connectivity index is 0. The third-order valence-corrected chi connectivity index (χ3v) is 13.1. The minimum absolute atomic E-state index is 0. The van der Waals surface area contributed by atoms with Gasteiger partial charge in [0.05, 0.1) is 31.2 Å². The van der Waals surface area contributed by atoms with Crippen molar-refractivity contribution in [1.29, 1.82) is 0 Å². The summed E-state index contributed by atoms with van der Waals surface area (Å²) in [6.45, 7) is 26.5. The molecule has 0 fully saturated rings. The SMILES string of the molecule is CC(C)(C)[PH+](c1ccccc1)C(C)(C)C.CC(C)(C)[PH+](c1ccccc1)C(C)(C)C.[Ir+3].[O-]CC(F)(F)F. The first-order valence-corrected chi connectivity index (χ1v) is 15.5. The third-order valence-electron chi connectivity index (χ3n) is 5.29. The molecule has 0 bridgehead atoms. The fourth-order valence-electron chi connectivity index (χ4n) is 5.19. The number of rotatable bonds is 2. The van der Waals surface area contributed by atoms with Gasteiger partial charge in [-0.25, -0.2) is 0 Å². The number of alkyl halides is 3. The van der Waals surface area contributed by atoms with Crippen molar-refractivity contribution in [3.8, 4) is 0 Å². The van der Waals surface area contributed by atoms with Crippen molar-refractivity contribution in [2.75, 3.05) is 6.61 Å². The molecule has 0 aromatic heterocycles. The van der Waals surface area contributed by atoms with Crippen molar-refractivity contribution in [2.45, 2.75) is 110 Å². The Labute approximate surface area is 241 Å². The third kappa shape index (κ3) is 15.8. The topological polar surface area (TPSA) is 23.1 Å². The van der Waals surface area contributed by atoms with Crippen molar-refractivity contribution in [3.05, 3.63) is 60.7 Å². The Morgan fingerprint density at radius 1 is 0.514 bits per heavy atom. The molecular formula is C30H50F3IrOP2+4. The van der Waals surface area contributed by atoms with Crippen molar-refractivity contribution in [3.63, 3.8) is 0 Å². The van der Waals surface area contributed by atoms with Gasteiger partial charge < -0.3 is 5.11 Å². The second-order valence-electron chi connectivity index (χ2n) is 13.2. The molecule has 0 saturated heterocycles. The minimum Gasteiger partial charge on any atom is -0.848 e. The van der Waals surface area contributed by atoms with E-state index < -0.39 is 28.6 Å². The first-order chi connectivity index (χ1) is 16.0. The van der Waals surface area contributed by atoms with Crippen molar-refractivity contribution >= 4 is 26.5 Å². The van der Waals surface area contributed by atoms with Crippen LogP contribution in [0.4, 0.5) is 13.2 Å². The molecule has 0 aliphatic rings. The number of hydrogen-bond acceptors (Lipinski definition) is 1. The summed E-state index contributed by atoms with van der Waals surface area (Å²) in [4.78, 5) is 0. The second-order valence-corrected chi connectivity index (χ2v) is 21.9. The molecule has 1 nitrogen and oxygen atoms in total. The molecule has 2 aromatic carbocycles. The Morgan fingerprint density at radius 2 is 0.703 bits per heavy atom. The average molecular weight is 738 g/mol. The van der Waals surface area contributed by atoms with Crippen LogP contribution in [0.25, 0.3) is 0 Å². The number of halogens is 3. The first-order valence-electron chi connectivity index (χ1n) is 12.5. The van der Waals surface area contributed by atoms with Gasteiger partial charge in [0, 0.05) is 15.8 Å². The minimum atomic E-state index is -4.51. The van der Waals surface area contributed by atoms with Gasteiger partial charge in [-0.2, -0.15) is 13.2 Å². The van der Waals surface area contributed by atoms with Crippen molar-refractivity contribution in [1.82, 2.24) is 0 Å². The summed E-state index contributed by atoms with van der Waals surface area (Å²) >= 11 is 0. The molecular weight excluding hydrogens is 687 g/mol. The summed E-state index contributed by atoms with van der Waals surface area (Å²) in [6.07, 6.45) is -4.51. The van der Waals surface area contributed by atoms with Gasteiger partial charge in [-0.3, -0.25) is 0 Å². The van der Waals surface area contributed by atoms with Crippen LogP contribution in [0.5, 0.6) is 0 Å². The van der Waals surface area contributed by atoms with E-state index in [1.165, 1.54) is 0 Å². The van der Waals surface area contributed by atoms with E-state index in [0.717, 1.165) is 0 Å². The molecule has 0 amide bonds. The molecule has 0 aliphatic carbocycles. The Hall–Kier alpha value is -0.301. The maximum atomic E-state index is 10.5. The summed E-state index contributed by atoms with van der Waals surface area (Å²) in [5, 5.41) is 13.6. The molecule has 2 aromatic rings. The fourth-order valence-corrected chi connectivity index (χ4v) is 14.2. The smallest absolute Gasteiger partial charge is 0.848 e. The van der Waals surface area contributed by atoms with Crippen LogP contribution in [0.3, 0.4) is 0 Å². The molecule has 2 rings (SSSR count). The predicted octanol–water partition coefficient (Wildman–Crippen LogP) is 8.15. The Morgan fingerprint density at radius 3 is 0.838 bits per heavy atom. The standard InChI is InChI=1S/2C14H23P.C2H2F3O.Ir/c2*1-13(2,3)15(14(4,5)6)12-10-8-7-9-11-12;3-2(4,5)1-6;/h2*7-11H,1-6H3;1H2;/q;;-1;+3/p+2. The molecule has 37 heavy (non-hydrogen) atoms. The largest absolute Gasteiger partial charge is 3.00 e. The molecule has 0 saturated carbocycles. The molecule has 0 aliphatic heterocycles. The Bertz CT molecular complexity index is 765. The van der Waals surface area contributed by atoms with Crippen LogP contribution in [-0.4, -0.2) is 33.4 Å². The van der Waals surface area contributed by atoms with E-state index >= 15 is 0 Å². The molecule has 0 N–H and O–H groups in total. The molecule has 0 radical (unpaired) electrons. The van der Waals surface area contributed by atoms with E-state index in [9.17, 15) is 13.2 Å². The number of benzene rings is 2. The van der Waals surface area contributed by atoms with E-state index in [2.05, 4.69) is 144 Å². The molecule has 7 heteroatoms. The zero-order chi connectivity index (χ0) is 28.6. The molecule has 212 valence electrons. The van der Waals surface area contributed by atoms with E-state index in [0.29, 0.717) is 20.6 Å². The van der Waals surface area contributed by atoms with Crippen LogP contribution >= 0.6 is 15.8 Å². The fraction of sp³-hybridized carbons (Fsp3) is 0.600. The molecule has 0 spiro atoms. The summed E-state index contributed by atoms with van der Waals surface area (Å²) in [5.74, 6) is 0. The maximum absolute atomic E-state index is 10.5. The summed E-state index contributed by atoms with van der Waals surface area (Å²) in [6, 6.07) is 22.1. The quantitative estimate of drug-likeness (QED) is 0.286. The monoisotopic (exact) mass is 738 g/mol. The van der Waals surface area contributed by atoms with Gasteiger partial charge in [-0.1, -0.05) is 36.4 Å². The van der Waals surface area contributed by atoms with Gasteiger partial charge in [0.1, 0.15) is 0 Å². The van der Waals surface area contributed by atoms with Gasteiger partial charge in [0.15, 0.2) is 0 Å². The molecule has 0 unspecified atom stereocenters. The van der Waals surface area contributed by atoms with Gasteiger partial charge in [0.2, 0.25) is 0 Å². The average Bonchev–Trinajstić information content (AvgIpc) is 2.65. The second kappa shape index (κ2) is 15.5. The van der Waals surface area contributed by atoms with Crippen LogP contribution in [0.1, 0.15) is 83.1 Å². The molecule has 0 heterocycles. The molecule has 0 atom stereocenters.